The smallest absolute Gasteiger partial charge is 0.391 e. The van der Waals surface area contributed by atoms with Crippen molar-refractivity contribution in [1.82, 2.24) is 52.8 Å². The second-order valence-corrected chi connectivity index (χ2v) is 19.8. The van der Waals surface area contributed by atoms with Crippen molar-refractivity contribution in [2.24, 2.45) is 22.2 Å². The van der Waals surface area contributed by atoms with Crippen LogP contribution in [0.15, 0.2) is 65.8 Å². The van der Waals surface area contributed by atoms with Crippen LogP contribution in [-0.4, -0.2) is 172 Å². The van der Waals surface area contributed by atoms with Crippen molar-refractivity contribution < 1.29 is 66.5 Å². The summed E-state index contributed by atoms with van der Waals surface area (Å²) in [6, 6.07) is 3.95. The normalized spacial score (nSPS) is 15.4. The minimum absolute atomic E-state index is 0.0306. The average Bonchev–Trinajstić information content (AvgIpc) is 3.90. The van der Waals surface area contributed by atoms with Gasteiger partial charge in [0.05, 0.1) is 12.2 Å². The molecule has 9 amide bonds. The molecule has 0 aliphatic heterocycles. The van der Waals surface area contributed by atoms with Crippen LogP contribution >= 0.6 is 25.3 Å². The summed E-state index contributed by atoms with van der Waals surface area (Å²) in [6.45, 7) is 2.38. The van der Waals surface area contributed by atoms with Crippen molar-refractivity contribution in [3.8, 4) is 0 Å². The van der Waals surface area contributed by atoms with Crippen LogP contribution in [0, 0.1) is 0 Å². The molecular formula is C51H75F3N14O11S2. The lowest BCUT2D eigenvalue weighted by Gasteiger charge is -2.28. The summed E-state index contributed by atoms with van der Waals surface area (Å²) in [5.74, 6) is -9.15. The number of primary amides is 1. The van der Waals surface area contributed by atoms with Gasteiger partial charge in [-0.05, 0) is 76.1 Å². The summed E-state index contributed by atoms with van der Waals surface area (Å²) in [4.78, 5) is 128. The molecule has 2 aromatic carbocycles. The summed E-state index contributed by atoms with van der Waals surface area (Å²) in [6.07, 6.45) is -5.07. The van der Waals surface area contributed by atoms with Gasteiger partial charge in [0.2, 0.25) is 53.2 Å². The zero-order chi connectivity index (χ0) is 60.4. The molecule has 0 bridgehead atoms. The summed E-state index contributed by atoms with van der Waals surface area (Å²) in [5.41, 5.74) is 18.4. The number of unbranched alkanes of at least 4 members (excludes halogenated alkanes) is 2. The number of aliphatic imine (C=N–C) groups is 1. The summed E-state index contributed by atoms with van der Waals surface area (Å²) < 4.78 is 37.5. The summed E-state index contributed by atoms with van der Waals surface area (Å²) >= 11 is 8.40. The Bertz CT molecular complexity index is 2610. The number of hydrogen-bond donors (Lipinski definition) is 17. The number of nitrogens with zero attached hydrogens (tertiary/aromatic N) is 1. The first kappa shape index (κ1) is 68.1. The highest BCUT2D eigenvalue weighted by Gasteiger charge is 2.36. The monoisotopic (exact) mass is 1180 g/mol. The van der Waals surface area contributed by atoms with E-state index in [2.05, 4.69) is 83.1 Å². The number of carbonyl (C=O) groups is 9. The fourth-order valence-electron chi connectivity index (χ4n) is 8.07. The molecule has 1 heterocycles. The fourth-order valence-corrected chi connectivity index (χ4v) is 8.58. The molecule has 0 radical (unpaired) electrons. The second kappa shape index (κ2) is 34.2. The third-order valence-electron chi connectivity index (χ3n) is 12.4. The molecule has 0 saturated heterocycles. The SMILES string of the molecule is CC(=O)N[C@H](CCCCNC(N)=NCC(F)(F)F)C(=O)N[C@@H](CS)C(=O)N[C@@H](Cc1ccccc1)C(=O)N[C@H](Cc1c[nH]c2ccccc12)C(=O)N[C@@H](CCCCN)C(=O)N[C@H](C(=O)N[C@@H](CS)C(=O)N[C@H](C(N)=O)[C@@H](C)O)[C@@H](C)O. The lowest BCUT2D eigenvalue weighted by molar-refractivity contribution is -0.137. The van der Waals surface area contributed by atoms with E-state index in [1.807, 2.05) is 0 Å². The van der Waals surface area contributed by atoms with Gasteiger partial charge in [0.25, 0.3) is 0 Å². The van der Waals surface area contributed by atoms with Crippen LogP contribution < -0.4 is 65.1 Å². The van der Waals surface area contributed by atoms with Crippen molar-refractivity contribution in [2.75, 3.05) is 31.1 Å². The lowest BCUT2D eigenvalue weighted by Crippen LogP contribution is -2.62. The lowest BCUT2D eigenvalue weighted by atomic mass is 10.0. The fraction of sp³-hybridized carbons (Fsp3) is 0.529. The molecule has 1 aromatic heterocycles. The number of fused-ring (bicyclic) bond motifs is 1. The van der Waals surface area contributed by atoms with Gasteiger partial charge in [-0.15, -0.1) is 0 Å². The average molecular weight is 1180 g/mol. The number of hydrogen-bond acceptors (Lipinski definition) is 15. The number of guanidine groups is 1. The van der Waals surface area contributed by atoms with Gasteiger partial charge in [-0.25, -0.2) is 4.99 Å². The number of benzene rings is 2. The van der Waals surface area contributed by atoms with Crippen LogP contribution in [0.2, 0.25) is 0 Å². The third kappa shape index (κ3) is 23.8. The molecular weight excluding hydrogens is 1110 g/mol. The maximum Gasteiger partial charge on any atom is 0.408 e. The predicted octanol–water partition coefficient (Wildman–Crippen LogP) is -2.28. The number of aliphatic hydroxyl groups is 2. The number of H-pyrrole nitrogens is 1. The number of aromatic amines is 1. The first-order valence-electron chi connectivity index (χ1n) is 25.9. The number of halogens is 3. The van der Waals surface area contributed by atoms with Gasteiger partial charge in [0, 0.05) is 54.9 Å². The Morgan fingerprint density at radius 2 is 1.07 bits per heavy atom. The van der Waals surface area contributed by atoms with E-state index in [0.29, 0.717) is 28.5 Å². The topological polar surface area (TPSA) is 409 Å². The van der Waals surface area contributed by atoms with E-state index in [4.69, 9.17) is 17.2 Å². The Labute approximate surface area is 477 Å². The van der Waals surface area contributed by atoms with E-state index in [-0.39, 0.29) is 69.5 Å². The highest BCUT2D eigenvalue weighted by atomic mass is 32.1. The van der Waals surface area contributed by atoms with Crippen molar-refractivity contribution in [2.45, 2.75) is 139 Å². The Kier molecular flexibility index (Phi) is 28.8. The van der Waals surface area contributed by atoms with Crippen LogP contribution in [0.3, 0.4) is 0 Å². The minimum atomic E-state index is -4.55. The number of rotatable bonds is 34. The number of alkyl halides is 3. The number of nitrogens with one attached hydrogen (secondary N) is 10. The number of amides is 9. The van der Waals surface area contributed by atoms with Gasteiger partial charge < -0.3 is 80.2 Å². The van der Waals surface area contributed by atoms with E-state index >= 15 is 0 Å². The molecule has 25 nitrogen and oxygen atoms in total. The van der Waals surface area contributed by atoms with Gasteiger partial charge in [0.15, 0.2) is 5.96 Å². The molecule has 0 aliphatic rings. The Morgan fingerprint density at radius 1 is 0.605 bits per heavy atom. The predicted molar refractivity (Wildman–Crippen MR) is 301 cm³/mol. The molecule has 30 heteroatoms. The molecule has 10 atom stereocenters. The molecule has 3 aromatic rings. The van der Waals surface area contributed by atoms with Crippen molar-refractivity contribution in [3.63, 3.8) is 0 Å². The number of nitrogens with two attached hydrogens (primary N) is 3. The van der Waals surface area contributed by atoms with Crippen LogP contribution in [0.4, 0.5) is 13.2 Å². The zero-order valence-corrected chi connectivity index (χ0v) is 46.8. The molecule has 81 heavy (non-hydrogen) atoms. The zero-order valence-electron chi connectivity index (χ0n) is 45.0. The molecule has 0 spiro atoms. The molecule has 0 unspecified atom stereocenters. The Hall–Kier alpha value is -7.15. The van der Waals surface area contributed by atoms with E-state index in [1.54, 1.807) is 60.8 Å². The van der Waals surface area contributed by atoms with E-state index in [9.17, 15) is 66.5 Å². The van der Waals surface area contributed by atoms with Gasteiger partial charge >= 0.3 is 6.18 Å². The number of para-hydroxylation sites is 1. The van der Waals surface area contributed by atoms with Crippen LogP contribution in [0.25, 0.3) is 10.9 Å². The van der Waals surface area contributed by atoms with Crippen LogP contribution in [0.5, 0.6) is 0 Å². The number of aliphatic hydroxyl groups excluding tert-OH is 2. The first-order chi connectivity index (χ1) is 38.3. The van der Waals surface area contributed by atoms with Crippen molar-refractivity contribution >= 4 is 95.3 Å². The van der Waals surface area contributed by atoms with Gasteiger partial charge in [-0.1, -0.05) is 48.5 Å². The van der Waals surface area contributed by atoms with Crippen LogP contribution in [-0.2, 0) is 56.0 Å². The standard InChI is InChI=1S/C51H75F3N14O11S2/c1-27(69)40(42(56)72)67-48(78)39(25-81)66-49(79)41(28(2)70)68-44(74)35(17-9-11-19-55)62-46(76)37(22-31-23-59-33-16-8-7-15-32(31)33)64-45(75)36(21-30-13-5-4-6-14-30)63-47(77)38(24-80)65-43(73)34(61-29(3)71)18-10-12-20-58-50(57)60-26-51(52,53)54/h4-8,13-16,23,27-28,34-41,59,69-70,80-81H,9-12,17-22,24-26,55H2,1-3H3,(H2,56,72)(H,61,71)(H,62,76)(H,63,77)(H,64,75)(H,65,73)(H,66,79)(H,67,78)(H,68,74)(H3,57,58,60)/t27-,28-,34-,35+,36+,37-,38+,39+,40+,41+/m1/s1. The van der Waals surface area contributed by atoms with E-state index in [1.165, 1.54) is 20.8 Å². The maximum atomic E-state index is 14.7. The summed E-state index contributed by atoms with van der Waals surface area (Å²) in [5, 5.41) is 44.1. The Morgan fingerprint density at radius 3 is 1.63 bits per heavy atom. The van der Waals surface area contributed by atoms with Crippen molar-refractivity contribution in [1.29, 1.82) is 0 Å². The molecule has 0 aliphatic carbocycles. The van der Waals surface area contributed by atoms with Crippen LogP contribution in [0.1, 0.15) is 70.4 Å². The minimum Gasteiger partial charge on any atom is -0.391 e. The largest absolute Gasteiger partial charge is 0.408 e. The van der Waals surface area contributed by atoms with E-state index < -0.39 is 132 Å². The molecule has 0 saturated carbocycles. The molecule has 0 fully saturated rings. The molecule has 18 N–H and O–H groups in total. The van der Waals surface area contributed by atoms with Gasteiger partial charge in [-0.3, -0.25) is 43.2 Å². The molecule has 3 rings (SSSR count). The quantitative estimate of drug-likeness (QED) is 0.0130. The highest BCUT2D eigenvalue weighted by molar-refractivity contribution is 7.80. The molecule has 448 valence electrons. The van der Waals surface area contributed by atoms with Gasteiger partial charge in [0.1, 0.15) is 54.9 Å². The number of aromatic nitrogens is 1. The highest BCUT2D eigenvalue weighted by Crippen LogP contribution is 2.20. The number of thiol groups is 2. The number of carbonyl (C=O) groups excluding carboxylic acids is 9. The van der Waals surface area contributed by atoms with Gasteiger partial charge in [-0.2, -0.15) is 38.4 Å². The first-order valence-corrected chi connectivity index (χ1v) is 27.2. The van der Waals surface area contributed by atoms with E-state index in [0.717, 1.165) is 0 Å². The maximum absolute atomic E-state index is 14.7. The Balaban J connectivity index is 1.93. The summed E-state index contributed by atoms with van der Waals surface area (Å²) in [7, 11) is 0. The third-order valence-corrected chi connectivity index (χ3v) is 13.1. The second-order valence-electron chi connectivity index (χ2n) is 19.1. The van der Waals surface area contributed by atoms with Crippen molar-refractivity contribution in [3.05, 3.63) is 71.9 Å².